The monoisotopic (exact) mass is 261 g/mol. The quantitative estimate of drug-likeness (QED) is 0.924. The minimum absolute atomic E-state index is 0.0682. The van der Waals surface area contributed by atoms with Crippen LogP contribution in [0.1, 0.15) is 12.8 Å². The van der Waals surface area contributed by atoms with Gasteiger partial charge in [0.05, 0.1) is 22.7 Å². The summed E-state index contributed by atoms with van der Waals surface area (Å²) in [5.41, 5.74) is 1.48. The van der Waals surface area contributed by atoms with Crippen molar-refractivity contribution < 1.29 is 4.79 Å². The molecule has 1 heterocycles. The van der Waals surface area contributed by atoms with Crippen molar-refractivity contribution in [1.29, 1.82) is 0 Å². The van der Waals surface area contributed by atoms with Crippen molar-refractivity contribution in [2.24, 2.45) is 5.92 Å². The van der Waals surface area contributed by atoms with E-state index in [1.54, 1.807) is 29.4 Å². The average molecular weight is 262 g/mol. The predicted octanol–water partition coefficient (Wildman–Crippen LogP) is 2.87. The van der Waals surface area contributed by atoms with Crippen molar-refractivity contribution in [3.8, 4) is 5.69 Å². The molecule has 18 heavy (non-hydrogen) atoms. The van der Waals surface area contributed by atoms with Crippen molar-refractivity contribution in [3.05, 3.63) is 41.9 Å². The average Bonchev–Trinajstić information content (AvgIpc) is 3.07. The first-order valence-corrected chi connectivity index (χ1v) is 6.21. The summed E-state index contributed by atoms with van der Waals surface area (Å²) in [4.78, 5) is 15.8. The minimum Gasteiger partial charge on any atom is -0.324 e. The number of carbonyl (C=O) groups excluding carboxylic acids is 1. The van der Waals surface area contributed by atoms with Gasteiger partial charge in [-0.3, -0.25) is 4.79 Å². The van der Waals surface area contributed by atoms with Gasteiger partial charge < -0.3 is 9.88 Å². The maximum absolute atomic E-state index is 11.8. The maximum atomic E-state index is 11.8. The van der Waals surface area contributed by atoms with E-state index in [0.717, 1.165) is 24.2 Å². The van der Waals surface area contributed by atoms with Crippen LogP contribution in [0.4, 0.5) is 5.69 Å². The number of para-hydroxylation sites is 1. The molecule has 0 radical (unpaired) electrons. The number of anilines is 1. The Balaban J connectivity index is 1.98. The van der Waals surface area contributed by atoms with E-state index in [2.05, 4.69) is 10.3 Å². The summed E-state index contributed by atoms with van der Waals surface area (Å²) in [5, 5.41) is 3.51. The molecule has 92 valence electrons. The smallest absolute Gasteiger partial charge is 0.227 e. The van der Waals surface area contributed by atoms with Crippen LogP contribution in [0.3, 0.4) is 0 Å². The third kappa shape index (κ3) is 2.11. The number of benzene rings is 1. The number of rotatable bonds is 3. The van der Waals surface area contributed by atoms with Gasteiger partial charge in [-0.1, -0.05) is 17.7 Å². The molecule has 1 aromatic heterocycles. The lowest BCUT2D eigenvalue weighted by atomic mass is 10.2. The lowest BCUT2D eigenvalue weighted by molar-refractivity contribution is -0.117. The summed E-state index contributed by atoms with van der Waals surface area (Å²) in [5.74, 6) is 0.234. The van der Waals surface area contributed by atoms with Gasteiger partial charge in [-0.25, -0.2) is 4.98 Å². The molecular formula is C13H12ClN3O. The Labute approximate surface area is 110 Å². The predicted molar refractivity (Wildman–Crippen MR) is 69.9 cm³/mol. The number of halogens is 1. The fourth-order valence-electron chi connectivity index (χ4n) is 1.85. The van der Waals surface area contributed by atoms with Crippen LogP contribution in [0, 0.1) is 5.92 Å². The fraction of sp³-hybridized carbons (Fsp3) is 0.231. The van der Waals surface area contributed by atoms with Gasteiger partial charge in [-0.15, -0.1) is 0 Å². The zero-order chi connectivity index (χ0) is 12.5. The van der Waals surface area contributed by atoms with Crippen LogP contribution in [0.5, 0.6) is 0 Å². The molecule has 0 atom stereocenters. The van der Waals surface area contributed by atoms with E-state index >= 15 is 0 Å². The number of hydrogen-bond acceptors (Lipinski definition) is 2. The first kappa shape index (κ1) is 11.3. The number of nitrogens with one attached hydrogen (secondary N) is 1. The third-order valence-electron chi connectivity index (χ3n) is 2.96. The molecule has 1 saturated carbocycles. The molecule has 0 bridgehead atoms. The van der Waals surface area contributed by atoms with E-state index in [0.29, 0.717) is 5.02 Å². The van der Waals surface area contributed by atoms with Crippen molar-refractivity contribution >= 4 is 23.2 Å². The summed E-state index contributed by atoms with van der Waals surface area (Å²) >= 11 is 6.20. The number of hydrogen-bond donors (Lipinski definition) is 1. The zero-order valence-corrected chi connectivity index (χ0v) is 10.4. The van der Waals surface area contributed by atoms with Crippen molar-refractivity contribution in [2.75, 3.05) is 5.32 Å². The van der Waals surface area contributed by atoms with Gasteiger partial charge in [-0.05, 0) is 25.0 Å². The number of amides is 1. The number of imidazole rings is 1. The number of nitrogens with zero attached hydrogens (tertiary/aromatic N) is 2. The molecule has 1 aliphatic carbocycles. The Hall–Kier alpha value is -1.81. The van der Waals surface area contributed by atoms with Gasteiger partial charge in [0.1, 0.15) is 0 Å². The van der Waals surface area contributed by atoms with Gasteiger partial charge >= 0.3 is 0 Å². The molecule has 1 aromatic carbocycles. The highest BCUT2D eigenvalue weighted by Gasteiger charge is 2.30. The molecule has 0 aliphatic heterocycles. The van der Waals surface area contributed by atoms with Gasteiger partial charge in [0.25, 0.3) is 0 Å². The minimum atomic E-state index is 0.0682. The highest BCUT2D eigenvalue weighted by Crippen LogP contribution is 2.33. The summed E-state index contributed by atoms with van der Waals surface area (Å²) in [7, 11) is 0. The molecule has 1 N–H and O–H groups in total. The maximum Gasteiger partial charge on any atom is 0.227 e. The highest BCUT2D eigenvalue weighted by atomic mass is 35.5. The summed E-state index contributed by atoms with van der Waals surface area (Å²) in [6.45, 7) is 0. The van der Waals surface area contributed by atoms with Crippen LogP contribution in [0.15, 0.2) is 36.9 Å². The summed E-state index contributed by atoms with van der Waals surface area (Å²) < 4.78 is 1.80. The van der Waals surface area contributed by atoms with Crippen LogP contribution in [-0.2, 0) is 4.79 Å². The first-order valence-electron chi connectivity index (χ1n) is 5.83. The molecular weight excluding hydrogens is 250 g/mol. The van der Waals surface area contributed by atoms with Crippen LogP contribution in [0.2, 0.25) is 5.02 Å². The van der Waals surface area contributed by atoms with Gasteiger partial charge in [0, 0.05) is 18.3 Å². The van der Waals surface area contributed by atoms with Crippen LogP contribution in [0.25, 0.3) is 5.69 Å². The fourth-order valence-corrected chi connectivity index (χ4v) is 2.12. The van der Waals surface area contributed by atoms with Gasteiger partial charge in [0.2, 0.25) is 5.91 Å². The zero-order valence-electron chi connectivity index (χ0n) is 9.64. The Morgan fingerprint density at radius 1 is 1.44 bits per heavy atom. The standard InChI is InChI=1S/C13H12ClN3O/c14-10-2-1-3-11(16-13(18)9-4-5-9)12(10)17-7-6-15-8-17/h1-3,6-9H,4-5H2,(H,16,18). The van der Waals surface area contributed by atoms with Gasteiger partial charge in [-0.2, -0.15) is 0 Å². The second kappa shape index (κ2) is 4.46. The molecule has 3 rings (SSSR count). The molecule has 0 unspecified atom stereocenters. The van der Waals surface area contributed by atoms with E-state index in [1.165, 1.54) is 0 Å². The van der Waals surface area contributed by atoms with Crippen molar-refractivity contribution in [2.45, 2.75) is 12.8 Å². The Morgan fingerprint density at radius 2 is 2.28 bits per heavy atom. The number of carbonyl (C=O) groups is 1. The topological polar surface area (TPSA) is 46.9 Å². The van der Waals surface area contributed by atoms with Crippen molar-refractivity contribution in [3.63, 3.8) is 0 Å². The van der Waals surface area contributed by atoms with E-state index in [-0.39, 0.29) is 11.8 Å². The molecule has 5 heteroatoms. The molecule has 0 saturated heterocycles. The van der Waals surface area contributed by atoms with E-state index in [9.17, 15) is 4.79 Å². The van der Waals surface area contributed by atoms with E-state index in [1.807, 2.05) is 12.1 Å². The van der Waals surface area contributed by atoms with Crippen molar-refractivity contribution in [1.82, 2.24) is 9.55 Å². The molecule has 1 fully saturated rings. The Kier molecular flexibility index (Phi) is 2.80. The van der Waals surface area contributed by atoms with E-state index in [4.69, 9.17) is 11.6 Å². The molecule has 0 spiro atoms. The molecule has 1 aliphatic rings. The van der Waals surface area contributed by atoms with Crippen LogP contribution in [-0.4, -0.2) is 15.5 Å². The normalized spacial score (nSPS) is 14.5. The molecule has 1 amide bonds. The van der Waals surface area contributed by atoms with Gasteiger partial charge in [0.15, 0.2) is 0 Å². The summed E-state index contributed by atoms with van der Waals surface area (Å²) in [6, 6.07) is 5.47. The second-order valence-corrected chi connectivity index (χ2v) is 4.78. The van der Waals surface area contributed by atoms with Crippen LogP contribution < -0.4 is 5.32 Å². The first-order chi connectivity index (χ1) is 8.75. The summed E-state index contributed by atoms with van der Waals surface area (Å²) in [6.07, 6.45) is 7.09. The second-order valence-electron chi connectivity index (χ2n) is 4.37. The highest BCUT2D eigenvalue weighted by molar-refractivity contribution is 6.33. The van der Waals surface area contributed by atoms with Crippen LogP contribution >= 0.6 is 11.6 Å². The van der Waals surface area contributed by atoms with E-state index < -0.39 is 0 Å². The third-order valence-corrected chi connectivity index (χ3v) is 3.26. The number of aromatic nitrogens is 2. The Bertz CT molecular complexity index is 576. The lowest BCUT2D eigenvalue weighted by Gasteiger charge is -2.13. The SMILES string of the molecule is O=C(Nc1cccc(Cl)c1-n1ccnc1)C1CC1. The Morgan fingerprint density at radius 3 is 2.94 bits per heavy atom. The molecule has 2 aromatic rings. The lowest BCUT2D eigenvalue weighted by Crippen LogP contribution is -2.15. The largest absolute Gasteiger partial charge is 0.324 e. The molecule has 4 nitrogen and oxygen atoms in total.